The molecule has 1 saturated heterocycles. The SMILES string of the molecule is CSCc1ccc(C(=O)N2CCC(S(=O)(=O)Cc3ccccc3)CC2)cc1. The van der Waals surface area contributed by atoms with Gasteiger partial charge in [-0.25, -0.2) is 8.42 Å². The smallest absolute Gasteiger partial charge is 0.253 e. The number of nitrogens with zero attached hydrogens (tertiary/aromatic N) is 1. The van der Waals surface area contributed by atoms with Gasteiger partial charge in [0.1, 0.15) is 0 Å². The molecule has 1 aliphatic rings. The van der Waals surface area contributed by atoms with Crippen LogP contribution in [0, 0.1) is 0 Å². The van der Waals surface area contributed by atoms with Crippen molar-refractivity contribution in [1.82, 2.24) is 4.90 Å². The average molecular weight is 404 g/mol. The van der Waals surface area contributed by atoms with E-state index < -0.39 is 9.84 Å². The number of piperidine rings is 1. The monoisotopic (exact) mass is 403 g/mol. The van der Waals surface area contributed by atoms with Crippen LogP contribution in [0.3, 0.4) is 0 Å². The van der Waals surface area contributed by atoms with E-state index in [4.69, 9.17) is 0 Å². The molecule has 1 aliphatic heterocycles. The number of amides is 1. The summed E-state index contributed by atoms with van der Waals surface area (Å²) in [6.07, 6.45) is 3.06. The molecule has 0 N–H and O–H groups in total. The number of carbonyl (C=O) groups is 1. The van der Waals surface area contributed by atoms with Crippen molar-refractivity contribution in [2.24, 2.45) is 0 Å². The second-order valence-corrected chi connectivity index (χ2v) is 10.1. The van der Waals surface area contributed by atoms with E-state index in [9.17, 15) is 13.2 Å². The second-order valence-electron chi connectivity index (χ2n) is 6.91. The van der Waals surface area contributed by atoms with Gasteiger partial charge in [0.05, 0.1) is 11.0 Å². The lowest BCUT2D eigenvalue weighted by molar-refractivity contribution is 0.0725. The normalized spacial score (nSPS) is 15.7. The molecule has 144 valence electrons. The van der Waals surface area contributed by atoms with E-state index in [1.54, 1.807) is 16.7 Å². The first kappa shape index (κ1) is 20.0. The van der Waals surface area contributed by atoms with Crippen LogP contribution < -0.4 is 0 Å². The molecule has 27 heavy (non-hydrogen) atoms. The van der Waals surface area contributed by atoms with E-state index in [-0.39, 0.29) is 16.9 Å². The zero-order valence-corrected chi connectivity index (χ0v) is 17.1. The van der Waals surface area contributed by atoms with Crippen molar-refractivity contribution in [1.29, 1.82) is 0 Å². The molecule has 4 nitrogen and oxygen atoms in total. The summed E-state index contributed by atoms with van der Waals surface area (Å²) in [7, 11) is -3.20. The van der Waals surface area contributed by atoms with Crippen molar-refractivity contribution in [2.45, 2.75) is 29.6 Å². The van der Waals surface area contributed by atoms with Gasteiger partial charge < -0.3 is 4.90 Å². The average Bonchev–Trinajstić information content (AvgIpc) is 2.69. The Morgan fingerprint density at radius 2 is 1.63 bits per heavy atom. The Bertz CT molecular complexity index is 856. The number of benzene rings is 2. The molecular weight excluding hydrogens is 378 g/mol. The van der Waals surface area contributed by atoms with Crippen LogP contribution in [0.4, 0.5) is 0 Å². The first-order chi connectivity index (χ1) is 13.0. The molecule has 2 aromatic rings. The van der Waals surface area contributed by atoms with E-state index in [1.807, 2.05) is 54.6 Å². The molecule has 0 aromatic heterocycles. The van der Waals surface area contributed by atoms with Gasteiger partial charge in [0.25, 0.3) is 5.91 Å². The van der Waals surface area contributed by atoms with E-state index in [0.29, 0.717) is 31.5 Å². The topological polar surface area (TPSA) is 54.5 Å². The maximum Gasteiger partial charge on any atom is 0.253 e. The zero-order chi connectivity index (χ0) is 19.3. The van der Waals surface area contributed by atoms with Gasteiger partial charge in [-0.05, 0) is 42.4 Å². The maximum atomic E-state index is 12.7. The lowest BCUT2D eigenvalue weighted by Gasteiger charge is -2.32. The summed E-state index contributed by atoms with van der Waals surface area (Å²) in [5.41, 5.74) is 2.69. The minimum absolute atomic E-state index is 0.00962. The molecular formula is C21H25NO3S2. The predicted octanol–water partition coefficient (Wildman–Crippen LogP) is 3.77. The van der Waals surface area contributed by atoms with Gasteiger partial charge >= 0.3 is 0 Å². The van der Waals surface area contributed by atoms with Gasteiger partial charge in [-0.3, -0.25) is 4.79 Å². The molecule has 0 bridgehead atoms. The summed E-state index contributed by atoms with van der Waals surface area (Å²) in [5.74, 6) is 0.993. The third kappa shape index (κ3) is 5.14. The Labute approximate surface area is 165 Å². The maximum absolute atomic E-state index is 12.7. The van der Waals surface area contributed by atoms with Gasteiger partial charge in [-0.2, -0.15) is 11.8 Å². The molecule has 3 rings (SSSR count). The van der Waals surface area contributed by atoms with Crippen molar-refractivity contribution in [2.75, 3.05) is 19.3 Å². The van der Waals surface area contributed by atoms with E-state index in [0.717, 1.165) is 11.3 Å². The van der Waals surface area contributed by atoms with Gasteiger partial charge in [0, 0.05) is 24.4 Å². The third-order valence-electron chi connectivity index (χ3n) is 4.96. The number of hydrogen-bond donors (Lipinski definition) is 0. The molecule has 1 heterocycles. The third-order valence-corrected chi connectivity index (χ3v) is 7.80. The standard InChI is InChI=1S/C21H25NO3S2/c1-26-15-17-7-9-19(10-8-17)21(23)22-13-11-20(12-14-22)27(24,25)16-18-5-3-2-4-6-18/h2-10,20H,11-16H2,1H3. The van der Waals surface area contributed by atoms with Crippen LogP contribution in [-0.4, -0.2) is 43.8 Å². The van der Waals surface area contributed by atoms with Crippen LogP contribution in [-0.2, 0) is 21.3 Å². The molecule has 1 amide bonds. The lowest BCUT2D eigenvalue weighted by atomic mass is 10.1. The number of rotatable bonds is 6. The molecule has 0 unspecified atom stereocenters. The summed E-state index contributed by atoms with van der Waals surface area (Å²) in [5, 5.41) is -0.370. The quantitative estimate of drug-likeness (QED) is 0.737. The number of carbonyl (C=O) groups excluding carboxylic acids is 1. The molecule has 0 spiro atoms. The molecule has 2 aromatic carbocycles. The van der Waals surface area contributed by atoms with E-state index in [2.05, 4.69) is 6.26 Å². The van der Waals surface area contributed by atoms with Crippen molar-refractivity contribution in [3.8, 4) is 0 Å². The molecule has 0 saturated carbocycles. The van der Waals surface area contributed by atoms with Crippen LogP contribution in [0.25, 0.3) is 0 Å². The number of likely N-dealkylation sites (tertiary alicyclic amines) is 1. The van der Waals surface area contributed by atoms with E-state index in [1.165, 1.54) is 5.56 Å². The van der Waals surface area contributed by atoms with Gasteiger partial charge in [0.2, 0.25) is 0 Å². The fraction of sp³-hybridized carbons (Fsp3) is 0.381. The highest BCUT2D eigenvalue weighted by molar-refractivity contribution is 7.97. The highest BCUT2D eigenvalue weighted by atomic mass is 32.2. The van der Waals surface area contributed by atoms with Crippen LogP contribution in [0.5, 0.6) is 0 Å². The number of sulfone groups is 1. The van der Waals surface area contributed by atoms with Crippen LogP contribution in [0.1, 0.15) is 34.3 Å². The summed E-state index contributed by atoms with van der Waals surface area (Å²) >= 11 is 1.75. The van der Waals surface area contributed by atoms with Crippen molar-refractivity contribution < 1.29 is 13.2 Å². The van der Waals surface area contributed by atoms with Crippen LogP contribution in [0.2, 0.25) is 0 Å². The van der Waals surface area contributed by atoms with Crippen LogP contribution >= 0.6 is 11.8 Å². The van der Waals surface area contributed by atoms with E-state index >= 15 is 0 Å². The highest BCUT2D eigenvalue weighted by Gasteiger charge is 2.31. The largest absolute Gasteiger partial charge is 0.339 e. The van der Waals surface area contributed by atoms with Crippen molar-refractivity contribution in [3.05, 3.63) is 71.3 Å². The molecule has 1 fully saturated rings. The van der Waals surface area contributed by atoms with Gasteiger partial charge in [-0.15, -0.1) is 0 Å². The first-order valence-corrected chi connectivity index (χ1v) is 12.2. The predicted molar refractivity (Wildman–Crippen MR) is 112 cm³/mol. The minimum atomic E-state index is -3.20. The van der Waals surface area contributed by atoms with Crippen molar-refractivity contribution >= 4 is 27.5 Å². The molecule has 6 heteroatoms. The van der Waals surface area contributed by atoms with Crippen molar-refractivity contribution in [3.63, 3.8) is 0 Å². The summed E-state index contributed by atoms with van der Waals surface area (Å²) in [6.45, 7) is 0.980. The highest BCUT2D eigenvalue weighted by Crippen LogP contribution is 2.23. The molecule has 0 radical (unpaired) electrons. The summed E-state index contributed by atoms with van der Waals surface area (Å²) in [4.78, 5) is 14.5. The summed E-state index contributed by atoms with van der Waals surface area (Å²) < 4.78 is 25.4. The zero-order valence-electron chi connectivity index (χ0n) is 15.5. The van der Waals surface area contributed by atoms with Gasteiger partial charge in [0.15, 0.2) is 9.84 Å². The molecule has 0 atom stereocenters. The Morgan fingerprint density at radius 3 is 2.22 bits per heavy atom. The van der Waals surface area contributed by atoms with Crippen LogP contribution in [0.15, 0.2) is 54.6 Å². The second kappa shape index (κ2) is 8.93. The molecule has 0 aliphatic carbocycles. The lowest BCUT2D eigenvalue weighted by Crippen LogP contribution is -2.42. The Kier molecular flexibility index (Phi) is 6.60. The Hall–Kier alpha value is -1.79. The fourth-order valence-corrected chi connectivity index (χ4v) is 5.78. The Morgan fingerprint density at radius 1 is 1.00 bits per heavy atom. The number of thioether (sulfide) groups is 1. The first-order valence-electron chi connectivity index (χ1n) is 9.12. The number of hydrogen-bond acceptors (Lipinski definition) is 4. The summed E-state index contributed by atoms with van der Waals surface area (Å²) in [6, 6.07) is 17.0. The Balaban J connectivity index is 1.58. The minimum Gasteiger partial charge on any atom is -0.339 e. The van der Waals surface area contributed by atoms with Gasteiger partial charge in [-0.1, -0.05) is 42.5 Å². The fourth-order valence-electron chi connectivity index (χ4n) is 3.44.